The fourth-order valence-electron chi connectivity index (χ4n) is 3.04. The molecule has 0 saturated heterocycles. The molecule has 0 fully saturated rings. The summed E-state index contributed by atoms with van der Waals surface area (Å²) in [7, 11) is -2.61. The molecule has 0 bridgehead atoms. The second kappa shape index (κ2) is 8.68. The highest BCUT2D eigenvalue weighted by Gasteiger charge is 2.28. The molecule has 0 amide bonds. The maximum Gasteiger partial charge on any atom is 0.209 e. The Bertz CT molecular complexity index is 562. The Hall–Kier alpha value is -0.590. The van der Waals surface area contributed by atoms with E-state index in [1.807, 2.05) is 27.7 Å². The van der Waals surface area contributed by atoms with Gasteiger partial charge >= 0.3 is 0 Å². The van der Waals surface area contributed by atoms with E-state index in [0.29, 0.717) is 11.6 Å². The highest BCUT2D eigenvalue weighted by Crippen LogP contribution is 2.52. The van der Waals surface area contributed by atoms with E-state index in [2.05, 4.69) is 45.9 Å². The first kappa shape index (κ1) is 21.5. The minimum absolute atomic E-state index is 0.000225. The van der Waals surface area contributed by atoms with Gasteiger partial charge in [0, 0.05) is 11.8 Å². The lowest BCUT2D eigenvalue weighted by atomic mass is 9.73. The smallest absolute Gasteiger partial charge is 0.209 e. The molecule has 0 aromatic carbocycles. The van der Waals surface area contributed by atoms with E-state index < -0.39 is 7.37 Å². The summed E-state index contributed by atoms with van der Waals surface area (Å²) in [4.78, 5) is 0. The van der Waals surface area contributed by atoms with Gasteiger partial charge in [0.25, 0.3) is 0 Å². The van der Waals surface area contributed by atoms with Crippen molar-refractivity contribution in [1.29, 1.82) is 0 Å². The summed E-state index contributed by atoms with van der Waals surface area (Å²) in [5, 5.41) is 0. The van der Waals surface area contributed by atoms with Gasteiger partial charge in [-0.1, -0.05) is 57.1 Å². The predicted octanol–water partition coefficient (Wildman–Crippen LogP) is 7.13. The monoisotopic (exact) mass is 352 g/mol. The predicted molar refractivity (Wildman–Crippen MR) is 107 cm³/mol. The topological polar surface area (TPSA) is 26.3 Å². The summed E-state index contributed by atoms with van der Waals surface area (Å²) in [6.07, 6.45) is 10.7. The van der Waals surface area contributed by atoms with Crippen LogP contribution >= 0.6 is 7.37 Å². The molecule has 1 unspecified atom stereocenters. The van der Waals surface area contributed by atoms with E-state index in [9.17, 15) is 4.57 Å². The van der Waals surface area contributed by atoms with Gasteiger partial charge in [0.1, 0.15) is 0 Å². The summed E-state index contributed by atoms with van der Waals surface area (Å²) in [6, 6.07) is 0. The van der Waals surface area contributed by atoms with Crippen LogP contribution in [-0.2, 0) is 9.09 Å². The summed E-state index contributed by atoms with van der Waals surface area (Å²) < 4.78 is 18.7. The average Bonchev–Trinajstić information content (AvgIpc) is 2.45. The standard InChI is InChI=1S/C21H37O2P/c1-16(2)23-24(22,17(3)4)15-13-18(5)11-12-20-10-9-14-21(7,8)19(20)6/h11-13,16-17H,9-10,14-15H2,1-8H3. The zero-order valence-corrected chi connectivity index (χ0v) is 17.9. The Labute approximate surface area is 149 Å². The molecule has 0 heterocycles. The van der Waals surface area contributed by atoms with Crippen LogP contribution < -0.4 is 0 Å². The fraction of sp³-hybridized carbons (Fsp3) is 0.714. The zero-order chi connectivity index (χ0) is 18.5. The van der Waals surface area contributed by atoms with Crippen molar-refractivity contribution in [3.63, 3.8) is 0 Å². The van der Waals surface area contributed by atoms with Gasteiger partial charge in [0.05, 0.1) is 6.10 Å². The maximum absolute atomic E-state index is 13.0. The molecule has 24 heavy (non-hydrogen) atoms. The fourth-order valence-corrected chi connectivity index (χ4v) is 5.05. The van der Waals surface area contributed by atoms with Crippen molar-refractivity contribution in [2.45, 2.75) is 86.4 Å². The first-order chi connectivity index (χ1) is 11.0. The molecule has 1 atom stereocenters. The third kappa shape index (κ3) is 6.05. The molecule has 1 aliphatic carbocycles. The molecule has 2 nitrogen and oxygen atoms in total. The SMILES string of the molecule is CC(C=CC1=C(C)C(C)(C)CCC1)=CCP(=O)(OC(C)C)C(C)C. The average molecular weight is 352 g/mol. The molecule has 0 saturated carbocycles. The van der Waals surface area contributed by atoms with Crippen LogP contribution in [0.4, 0.5) is 0 Å². The van der Waals surface area contributed by atoms with Crippen molar-refractivity contribution in [3.8, 4) is 0 Å². The van der Waals surface area contributed by atoms with Gasteiger partial charge in [-0.05, 0) is 57.9 Å². The Morgan fingerprint density at radius 1 is 1.29 bits per heavy atom. The maximum atomic E-state index is 13.0. The van der Waals surface area contributed by atoms with Gasteiger partial charge in [-0.25, -0.2) is 0 Å². The van der Waals surface area contributed by atoms with E-state index in [1.54, 1.807) is 0 Å². The van der Waals surface area contributed by atoms with Crippen LogP contribution in [0.25, 0.3) is 0 Å². The van der Waals surface area contributed by atoms with Gasteiger partial charge in [-0.2, -0.15) is 0 Å². The van der Waals surface area contributed by atoms with Gasteiger partial charge < -0.3 is 4.52 Å². The lowest BCUT2D eigenvalue weighted by Gasteiger charge is -2.32. The van der Waals surface area contributed by atoms with Gasteiger partial charge in [0.2, 0.25) is 7.37 Å². The molecule has 0 radical (unpaired) electrons. The van der Waals surface area contributed by atoms with Crippen molar-refractivity contribution in [2.75, 3.05) is 6.16 Å². The Morgan fingerprint density at radius 2 is 1.92 bits per heavy atom. The Balaban J connectivity index is 2.85. The first-order valence-corrected chi connectivity index (χ1v) is 11.2. The van der Waals surface area contributed by atoms with E-state index in [1.165, 1.54) is 30.4 Å². The van der Waals surface area contributed by atoms with E-state index in [0.717, 1.165) is 5.57 Å². The summed E-state index contributed by atoms with van der Waals surface area (Å²) in [6.45, 7) is 16.9. The zero-order valence-electron chi connectivity index (χ0n) is 17.0. The highest BCUT2D eigenvalue weighted by molar-refractivity contribution is 7.59. The van der Waals surface area contributed by atoms with Crippen LogP contribution in [0, 0.1) is 5.41 Å². The van der Waals surface area contributed by atoms with E-state index >= 15 is 0 Å². The first-order valence-electron chi connectivity index (χ1n) is 9.30. The minimum Gasteiger partial charge on any atom is -0.325 e. The van der Waals surface area contributed by atoms with Gasteiger partial charge in [-0.15, -0.1) is 0 Å². The van der Waals surface area contributed by atoms with Crippen LogP contribution in [0.15, 0.2) is 34.9 Å². The van der Waals surface area contributed by atoms with Crippen molar-refractivity contribution in [2.24, 2.45) is 5.41 Å². The third-order valence-corrected chi connectivity index (χ3v) is 8.18. The molecule has 0 spiro atoms. The molecule has 0 aromatic heterocycles. The second-order valence-corrected chi connectivity index (χ2v) is 11.4. The molecule has 0 aliphatic heterocycles. The Kier molecular flexibility index (Phi) is 7.75. The van der Waals surface area contributed by atoms with Crippen LogP contribution in [-0.4, -0.2) is 17.9 Å². The van der Waals surface area contributed by atoms with Crippen LogP contribution in [0.2, 0.25) is 0 Å². The van der Waals surface area contributed by atoms with Crippen molar-refractivity contribution in [3.05, 3.63) is 34.9 Å². The number of hydrogen-bond acceptors (Lipinski definition) is 2. The van der Waals surface area contributed by atoms with Crippen molar-refractivity contribution in [1.82, 2.24) is 0 Å². The van der Waals surface area contributed by atoms with E-state index in [4.69, 9.17) is 4.52 Å². The quantitative estimate of drug-likeness (QED) is 0.360. The number of rotatable bonds is 7. The van der Waals surface area contributed by atoms with Gasteiger partial charge in [0.15, 0.2) is 0 Å². The molecular formula is C21H37O2P. The van der Waals surface area contributed by atoms with Crippen LogP contribution in [0.1, 0.15) is 74.7 Å². The van der Waals surface area contributed by atoms with Crippen molar-refractivity contribution < 1.29 is 9.09 Å². The van der Waals surface area contributed by atoms with Crippen LogP contribution in [0.3, 0.4) is 0 Å². The molecule has 1 aliphatic rings. The lowest BCUT2D eigenvalue weighted by Crippen LogP contribution is -2.18. The molecule has 3 heteroatoms. The molecule has 138 valence electrons. The van der Waals surface area contributed by atoms with E-state index in [-0.39, 0.29) is 11.8 Å². The minimum atomic E-state index is -2.61. The Morgan fingerprint density at radius 3 is 2.46 bits per heavy atom. The second-order valence-electron chi connectivity index (χ2n) is 8.33. The summed E-state index contributed by atoms with van der Waals surface area (Å²) in [5.41, 5.74) is 4.50. The van der Waals surface area contributed by atoms with Crippen molar-refractivity contribution >= 4 is 7.37 Å². The third-order valence-electron chi connectivity index (χ3n) is 5.14. The normalized spacial score (nSPS) is 21.8. The molecular weight excluding hydrogens is 315 g/mol. The molecule has 0 N–H and O–H groups in total. The lowest BCUT2D eigenvalue weighted by molar-refractivity contribution is 0.241. The molecule has 0 aromatic rings. The number of allylic oxidation sites excluding steroid dienone is 6. The number of hydrogen-bond donors (Lipinski definition) is 0. The summed E-state index contributed by atoms with van der Waals surface area (Å²) in [5.74, 6) is 0. The molecule has 1 rings (SSSR count). The van der Waals surface area contributed by atoms with Gasteiger partial charge in [-0.3, -0.25) is 4.57 Å². The highest BCUT2D eigenvalue weighted by atomic mass is 31.2. The largest absolute Gasteiger partial charge is 0.325 e. The van der Waals surface area contributed by atoms with Crippen LogP contribution in [0.5, 0.6) is 0 Å². The summed E-state index contributed by atoms with van der Waals surface area (Å²) >= 11 is 0.